The van der Waals surface area contributed by atoms with E-state index in [0.29, 0.717) is 6.92 Å². The largest absolute Gasteiger partial charge is 0.324 e. The lowest BCUT2D eigenvalue weighted by Crippen LogP contribution is -2.15. The molecule has 0 saturated heterocycles. The Hall–Kier alpha value is -1.54. The van der Waals surface area contributed by atoms with Crippen molar-refractivity contribution < 1.29 is 13.2 Å². The van der Waals surface area contributed by atoms with Crippen LogP contribution in [-0.4, -0.2) is 0 Å². The van der Waals surface area contributed by atoms with Gasteiger partial charge in [-0.2, -0.15) is 5.26 Å². The van der Waals surface area contributed by atoms with E-state index in [-0.39, 0.29) is 11.1 Å². The maximum Gasteiger partial charge on any atom is 0.273 e. The van der Waals surface area contributed by atoms with E-state index in [2.05, 4.69) is 0 Å². The number of halogens is 3. The Kier molecular flexibility index (Phi) is 3.24. The van der Waals surface area contributed by atoms with Crippen molar-refractivity contribution in [1.82, 2.24) is 0 Å². The summed E-state index contributed by atoms with van der Waals surface area (Å²) in [5.41, 5.74) is 4.57. The number of hydrogen-bond acceptors (Lipinski definition) is 2. The highest BCUT2D eigenvalue weighted by molar-refractivity contribution is 5.41. The zero-order chi connectivity index (χ0) is 12.5. The molecule has 0 aliphatic heterocycles. The fourth-order valence-electron chi connectivity index (χ4n) is 1.36. The van der Waals surface area contributed by atoms with E-state index in [4.69, 9.17) is 11.0 Å². The molecule has 16 heavy (non-hydrogen) atoms. The highest BCUT2D eigenvalue weighted by Crippen LogP contribution is 2.32. The summed E-state index contributed by atoms with van der Waals surface area (Å²) < 4.78 is 39.8. The van der Waals surface area contributed by atoms with Crippen molar-refractivity contribution in [2.24, 2.45) is 5.73 Å². The first-order valence-electron chi connectivity index (χ1n) is 4.64. The van der Waals surface area contributed by atoms with E-state index in [1.165, 1.54) is 13.0 Å². The molecular weight excluding hydrogens is 217 g/mol. The van der Waals surface area contributed by atoms with E-state index < -0.39 is 23.3 Å². The van der Waals surface area contributed by atoms with E-state index in [1.807, 2.05) is 0 Å². The van der Waals surface area contributed by atoms with E-state index >= 15 is 0 Å². The molecule has 0 heterocycles. The Balaban J connectivity index is 3.52. The SMILES string of the molecule is C[C@@H](N)c1cc(C#N)cc(C(C)(F)F)c1F. The summed E-state index contributed by atoms with van der Waals surface area (Å²) in [7, 11) is 0. The van der Waals surface area contributed by atoms with Gasteiger partial charge in [-0.1, -0.05) is 0 Å². The van der Waals surface area contributed by atoms with Gasteiger partial charge in [-0.15, -0.1) is 0 Å². The first-order chi connectivity index (χ1) is 7.27. The molecule has 2 N–H and O–H groups in total. The number of alkyl halides is 2. The number of benzene rings is 1. The minimum absolute atomic E-state index is 0.0229. The van der Waals surface area contributed by atoms with Crippen LogP contribution in [-0.2, 0) is 5.92 Å². The highest BCUT2D eigenvalue weighted by Gasteiger charge is 2.30. The van der Waals surface area contributed by atoms with Crippen LogP contribution in [0.5, 0.6) is 0 Å². The van der Waals surface area contributed by atoms with Crippen molar-refractivity contribution in [2.75, 3.05) is 0 Å². The third-order valence-electron chi connectivity index (χ3n) is 2.19. The van der Waals surface area contributed by atoms with Gasteiger partial charge >= 0.3 is 0 Å². The lowest BCUT2D eigenvalue weighted by atomic mass is 9.98. The average molecular weight is 228 g/mol. The summed E-state index contributed by atoms with van der Waals surface area (Å²) >= 11 is 0. The normalized spacial score (nSPS) is 13.3. The first-order valence-corrected chi connectivity index (χ1v) is 4.64. The molecule has 1 aromatic rings. The second-order valence-electron chi connectivity index (χ2n) is 3.72. The lowest BCUT2D eigenvalue weighted by molar-refractivity contribution is 0.0135. The summed E-state index contributed by atoms with van der Waals surface area (Å²) in [6.07, 6.45) is 0. The quantitative estimate of drug-likeness (QED) is 0.846. The fraction of sp³-hybridized carbons (Fsp3) is 0.364. The van der Waals surface area contributed by atoms with Crippen molar-refractivity contribution in [3.8, 4) is 6.07 Å². The predicted molar refractivity (Wildman–Crippen MR) is 53.3 cm³/mol. The summed E-state index contributed by atoms with van der Waals surface area (Å²) in [6.45, 7) is 2.05. The van der Waals surface area contributed by atoms with E-state index in [9.17, 15) is 13.2 Å². The minimum Gasteiger partial charge on any atom is -0.324 e. The van der Waals surface area contributed by atoms with Crippen LogP contribution in [0.2, 0.25) is 0 Å². The first kappa shape index (κ1) is 12.5. The number of nitriles is 1. The summed E-state index contributed by atoms with van der Waals surface area (Å²) in [5.74, 6) is -4.37. The highest BCUT2D eigenvalue weighted by atomic mass is 19.3. The minimum atomic E-state index is -3.33. The molecule has 0 aromatic heterocycles. The molecule has 0 aliphatic carbocycles. The van der Waals surface area contributed by atoms with Gasteiger partial charge in [0.05, 0.1) is 17.2 Å². The maximum absolute atomic E-state index is 13.7. The molecule has 1 aromatic carbocycles. The van der Waals surface area contributed by atoms with Gasteiger partial charge in [-0.25, -0.2) is 13.2 Å². The molecule has 0 radical (unpaired) electrons. The van der Waals surface area contributed by atoms with Crippen molar-refractivity contribution in [3.05, 3.63) is 34.6 Å². The second-order valence-corrected chi connectivity index (χ2v) is 3.72. The number of hydrogen-bond donors (Lipinski definition) is 1. The third-order valence-corrected chi connectivity index (χ3v) is 2.19. The van der Waals surface area contributed by atoms with Crippen LogP contribution >= 0.6 is 0 Å². The standard InChI is InChI=1S/C11H11F3N2/c1-6(16)8-3-7(5-15)4-9(10(8)12)11(2,13)14/h3-4,6H,16H2,1-2H3/t6-/m1/s1. The molecule has 0 spiro atoms. The van der Waals surface area contributed by atoms with Crippen LogP contribution in [0.15, 0.2) is 12.1 Å². The summed E-state index contributed by atoms with van der Waals surface area (Å²) in [6, 6.07) is 3.00. The number of rotatable bonds is 2. The molecule has 0 unspecified atom stereocenters. The van der Waals surface area contributed by atoms with Crippen LogP contribution in [0.4, 0.5) is 13.2 Å². The molecule has 1 atom stereocenters. The smallest absolute Gasteiger partial charge is 0.273 e. The van der Waals surface area contributed by atoms with E-state index in [1.54, 1.807) is 6.07 Å². The van der Waals surface area contributed by atoms with Crippen LogP contribution in [0.1, 0.15) is 36.6 Å². The van der Waals surface area contributed by atoms with Gasteiger partial charge in [0.15, 0.2) is 0 Å². The van der Waals surface area contributed by atoms with Gasteiger partial charge in [0.1, 0.15) is 5.82 Å². The molecule has 0 bridgehead atoms. The number of nitrogens with two attached hydrogens (primary N) is 1. The molecule has 0 fully saturated rings. The monoisotopic (exact) mass is 228 g/mol. The molecule has 2 nitrogen and oxygen atoms in total. The maximum atomic E-state index is 13.7. The molecular formula is C11H11F3N2. The Morgan fingerprint density at radius 2 is 2.00 bits per heavy atom. The van der Waals surface area contributed by atoms with Crippen molar-refractivity contribution >= 4 is 0 Å². The van der Waals surface area contributed by atoms with Crippen LogP contribution in [0.25, 0.3) is 0 Å². The molecule has 0 amide bonds. The van der Waals surface area contributed by atoms with Gasteiger partial charge in [-0.3, -0.25) is 0 Å². The molecule has 0 saturated carbocycles. The molecule has 86 valence electrons. The third kappa shape index (κ3) is 2.34. The zero-order valence-electron chi connectivity index (χ0n) is 8.89. The Labute approximate surface area is 91.5 Å². The van der Waals surface area contributed by atoms with Crippen LogP contribution in [0.3, 0.4) is 0 Å². The summed E-state index contributed by atoms with van der Waals surface area (Å²) in [5, 5.41) is 8.67. The van der Waals surface area contributed by atoms with Gasteiger partial charge < -0.3 is 5.73 Å². The molecule has 1 rings (SSSR count). The van der Waals surface area contributed by atoms with Crippen LogP contribution in [0, 0.1) is 17.1 Å². The van der Waals surface area contributed by atoms with Gasteiger partial charge in [0.2, 0.25) is 0 Å². The van der Waals surface area contributed by atoms with Crippen LogP contribution < -0.4 is 5.73 Å². The van der Waals surface area contributed by atoms with Crippen molar-refractivity contribution in [2.45, 2.75) is 25.8 Å². The number of nitrogens with zero attached hydrogens (tertiary/aromatic N) is 1. The second kappa shape index (κ2) is 4.14. The zero-order valence-corrected chi connectivity index (χ0v) is 8.89. The van der Waals surface area contributed by atoms with Gasteiger partial charge in [0.25, 0.3) is 5.92 Å². The molecule has 0 aliphatic rings. The van der Waals surface area contributed by atoms with Gasteiger partial charge in [0, 0.05) is 18.5 Å². The van der Waals surface area contributed by atoms with Gasteiger partial charge in [-0.05, 0) is 19.1 Å². The average Bonchev–Trinajstić information content (AvgIpc) is 2.15. The Morgan fingerprint density at radius 1 is 1.44 bits per heavy atom. The topological polar surface area (TPSA) is 49.8 Å². The van der Waals surface area contributed by atoms with E-state index in [0.717, 1.165) is 6.07 Å². The molecule has 5 heteroatoms. The Morgan fingerprint density at radius 3 is 2.38 bits per heavy atom. The van der Waals surface area contributed by atoms with Crippen molar-refractivity contribution in [3.63, 3.8) is 0 Å². The lowest BCUT2D eigenvalue weighted by Gasteiger charge is -2.16. The Bertz CT molecular complexity index is 442. The predicted octanol–water partition coefficient (Wildman–Crippen LogP) is 2.83. The summed E-state index contributed by atoms with van der Waals surface area (Å²) in [4.78, 5) is 0. The fourth-order valence-corrected chi connectivity index (χ4v) is 1.36. The van der Waals surface area contributed by atoms with Crippen molar-refractivity contribution in [1.29, 1.82) is 5.26 Å².